The molecule has 0 aliphatic rings. The fraction of sp³-hybridized carbons (Fsp3) is 0.250. The van der Waals surface area contributed by atoms with Crippen LogP contribution in [0, 0.1) is 10.1 Å². The van der Waals surface area contributed by atoms with Crippen molar-refractivity contribution in [3.63, 3.8) is 0 Å². The molecule has 0 aliphatic carbocycles. The van der Waals surface area contributed by atoms with Gasteiger partial charge in [-0.15, -0.1) is 0 Å². The first kappa shape index (κ1) is 12.4. The first-order chi connectivity index (χ1) is 7.26. The van der Waals surface area contributed by atoms with E-state index < -0.39 is 14.9 Å². The molecule has 0 aliphatic heterocycles. The van der Waals surface area contributed by atoms with Gasteiger partial charge in [0.25, 0.3) is 5.69 Å². The van der Waals surface area contributed by atoms with Crippen molar-refractivity contribution in [2.45, 2.75) is 4.90 Å². The lowest BCUT2D eigenvalue weighted by molar-refractivity contribution is -0.384. The molecular weight excluding hydrogens is 234 g/mol. The van der Waals surface area contributed by atoms with Crippen molar-refractivity contribution in [2.24, 2.45) is 0 Å². The lowest BCUT2D eigenvalue weighted by Gasteiger charge is -2.12. The van der Waals surface area contributed by atoms with Gasteiger partial charge in [0.15, 0.2) is 0 Å². The summed E-state index contributed by atoms with van der Waals surface area (Å²) in [6.07, 6.45) is 0. The summed E-state index contributed by atoms with van der Waals surface area (Å²) in [7, 11) is -0.950. The van der Waals surface area contributed by atoms with Crippen LogP contribution in [0.5, 0.6) is 0 Å². The molecule has 0 heterocycles. The topological polar surface area (TPSA) is 107 Å². The fourth-order valence-electron chi connectivity index (χ4n) is 1.08. The van der Waals surface area contributed by atoms with Gasteiger partial charge in [0.2, 0.25) is 10.0 Å². The fourth-order valence-corrected chi connectivity index (χ4v) is 2.07. The number of hydrogen-bond acceptors (Lipinski definition) is 5. The summed E-state index contributed by atoms with van der Waals surface area (Å²) in [5.41, 5.74) is 5.10. The largest absolute Gasteiger partial charge is 0.397 e. The summed E-state index contributed by atoms with van der Waals surface area (Å²) < 4.78 is 24.4. The van der Waals surface area contributed by atoms with Crippen LogP contribution in [0.1, 0.15) is 0 Å². The van der Waals surface area contributed by atoms with E-state index in [-0.39, 0.29) is 16.3 Å². The van der Waals surface area contributed by atoms with Crippen LogP contribution in [-0.4, -0.2) is 31.7 Å². The van der Waals surface area contributed by atoms with E-state index in [0.29, 0.717) is 0 Å². The molecule has 0 bridgehead atoms. The van der Waals surface area contributed by atoms with Gasteiger partial charge in [-0.3, -0.25) is 10.1 Å². The van der Waals surface area contributed by atoms with Crippen molar-refractivity contribution in [3.8, 4) is 0 Å². The Balaban J connectivity index is 3.35. The number of hydrogen-bond donors (Lipinski definition) is 1. The molecule has 1 rings (SSSR count). The van der Waals surface area contributed by atoms with Gasteiger partial charge in [-0.25, -0.2) is 12.7 Å². The maximum Gasteiger partial charge on any atom is 0.271 e. The predicted octanol–water partition coefficient (Wildman–Crippen LogP) is 0.427. The van der Waals surface area contributed by atoms with Gasteiger partial charge in [-0.05, 0) is 6.07 Å². The lowest BCUT2D eigenvalue weighted by Crippen LogP contribution is -2.23. The van der Waals surface area contributed by atoms with E-state index in [1.54, 1.807) is 0 Å². The second-order valence-corrected chi connectivity index (χ2v) is 5.39. The van der Waals surface area contributed by atoms with Gasteiger partial charge >= 0.3 is 0 Å². The second kappa shape index (κ2) is 4.06. The van der Waals surface area contributed by atoms with Gasteiger partial charge in [0.05, 0.1) is 10.6 Å². The number of anilines is 1. The number of nitrogen functional groups attached to an aromatic ring is 1. The summed E-state index contributed by atoms with van der Waals surface area (Å²) in [6.45, 7) is 0. The van der Waals surface area contributed by atoms with Crippen molar-refractivity contribution < 1.29 is 13.3 Å². The average Bonchev–Trinajstić information content (AvgIpc) is 2.16. The molecule has 0 saturated heterocycles. The minimum atomic E-state index is -3.66. The first-order valence-electron chi connectivity index (χ1n) is 4.23. The molecule has 2 N–H and O–H groups in total. The number of nitro benzene ring substituents is 1. The summed E-state index contributed by atoms with van der Waals surface area (Å²) in [5, 5.41) is 10.4. The molecule has 0 amide bonds. The van der Waals surface area contributed by atoms with Crippen LogP contribution in [0.15, 0.2) is 23.1 Å². The number of sulfonamides is 1. The third-order valence-corrected chi connectivity index (χ3v) is 3.85. The minimum absolute atomic E-state index is 0.136. The van der Waals surface area contributed by atoms with E-state index in [2.05, 4.69) is 0 Å². The molecule has 1 aromatic carbocycles. The van der Waals surface area contributed by atoms with Crippen LogP contribution in [-0.2, 0) is 10.0 Å². The highest BCUT2D eigenvalue weighted by Gasteiger charge is 2.21. The van der Waals surface area contributed by atoms with Gasteiger partial charge in [-0.1, -0.05) is 0 Å². The molecule has 0 unspecified atom stereocenters. The van der Waals surface area contributed by atoms with E-state index in [1.807, 2.05) is 0 Å². The van der Waals surface area contributed by atoms with Gasteiger partial charge in [-0.2, -0.15) is 0 Å². The molecule has 0 aromatic heterocycles. The quantitative estimate of drug-likeness (QED) is 0.472. The van der Waals surface area contributed by atoms with Crippen LogP contribution in [0.3, 0.4) is 0 Å². The Kier molecular flexibility index (Phi) is 3.15. The maximum absolute atomic E-state index is 11.7. The molecule has 0 saturated carbocycles. The number of rotatable bonds is 3. The smallest absolute Gasteiger partial charge is 0.271 e. The Morgan fingerprint density at radius 3 is 2.31 bits per heavy atom. The molecule has 8 heteroatoms. The maximum atomic E-state index is 11.7. The van der Waals surface area contributed by atoms with Gasteiger partial charge in [0, 0.05) is 26.2 Å². The highest BCUT2D eigenvalue weighted by molar-refractivity contribution is 7.89. The van der Waals surface area contributed by atoms with Crippen LogP contribution in [0.4, 0.5) is 11.4 Å². The van der Waals surface area contributed by atoms with E-state index >= 15 is 0 Å². The van der Waals surface area contributed by atoms with Crippen LogP contribution < -0.4 is 5.73 Å². The first-order valence-corrected chi connectivity index (χ1v) is 5.67. The van der Waals surface area contributed by atoms with Crippen LogP contribution >= 0.6 is 0 Å². The predicted molar refractivity (Wildman–Crippen MR) is 58.4 cm³/mol. The number of nitrogens with two attached hydrogens (primary N) is 1. The van der Waals surface area contributed by atoms with Gasteiger partial charge < -0.3 is 5.73 Å². The molecule has 0 radical (unpaired) electrons. The van der Waals surface area contributed by atoms with E-state index in [0.717, 1.165) is 22.5 Å². The average molecular weight is 245 g/mol. The van der Waals surface area contributed by atoms with Gasteiger partial charge in [0.1, 0.15) is 4.90 Å². The van der Waals surface area contributed by atoms with Crippen LogP contribution in [0.25, 0.3) is 0 Å². The van der Waals surface area contributed by atoms with Crippen molar-refractivity contribution in [1.82, 2.24) is 4.31 Å². The molecular formula is C8H11N3O4S. The summed E-state index contributed by atoms with van der Waals surface area (Å²) in [5.74, 6) is 0. The standard InChI is InChI=1S/C8H11N3O4S/c1-10(2)16(14,15)8-4-3-6(11(12)13)5-7(8)9/h3-5H,9H2,1-2H3. The van der Waals surface area contributed by atoms with Crippen molar-refractivity contribution in [2.75, 3.05) is 19.8 Å². The van der Waals surface area contributed by atoms with E-state index in [4.69, 9.17) is 5.73 Å². The van der Waals surface area contributed by atoms with Crippen molar-refractivity contribution in [3.05, 3.63) is 28.3 Å². The Bertz CT molecular complexity index is 524. The third kappa shape index (κ3) is 2.12. The van der Waals surface area contributed by atoms with Crippen molar-refractivity contribution >= 4 is 21.4 Å². The lowest BCUT2D eigenvalue weighted by atomic mass is 10.3. The molecule has 0 fully saturated rings. The summed E-state index contributed by atoms with van der Waals surface area (Å²) in [4.78, 5) is 9.67. The van der Waals surface area contributed by atoms with Crippen LogP contribution in [0.2, 0.25) is 0 Å². The number of benzene rings is 1. The van der Waals surface area contributed by atoms with E-state index in [9.17, 15) is 18.5 Å². The highest BCUT2D eigenvalue weighted by atomic mass is 32.2. The second-order valence-electron chi connectivity index (χ2n) is 3.27. The monoisotopic (exact) mass is 245 g/mol. The normalized spacial score (nSPS) is 11.7. The molecule has 0 atom stereocenters. The number of non-ortho nitro benzene ring substituents is 1. The van der Waals surface area contributed by atoms with Crippen molar-refractivity contribution in [1.29, 1.82) is 0 Å². The number of nitrogens with zero attached hydrogens (tertiary/aromatic N) is 2. The molecule has 0 spiro atoms. The summed E-state index contributed by atoms with van der Waals surface area (Å²) in [6, 6.07) is 3.26. The molecule has 88 valence electrons. The zero-order chi connectivity index (χ0) is 12.5. The SMILES string of the molecule is CN(C)S(=O)(=O)c1ccc([N+](=O)[O-])cc1N. The molecule has 16 heavy (non-hydrogen) atoms. The molecule has 7 nitrogen and oxygen atoms in total. The highest BCUT2D eigenvalue weighted by Crippen LogP contribution is 2.25. The zero-order valence-corrected chi connectivity index (χ0v) is 9.56. The Labute approximate surface area is 92.7 Å². The Morgan fingerprint density at radius 1 is 1.38 bits per heavy atom. The molecule has 1 aromatic rings. The number of nitro groups is 1. The Morgan fingerprint density at radius 2 is 1.94 bits per heavy atom. The summed E-state index contributed by atoms with van der Waals surface area (Å²) >= 11 is 0. The van der Waals surface area contributed by atoms with E-state index in [1.165, 1.54) is 14.1 Å². The third-order valence-electron chi connectivity index (χ3n) is 1.96. The minimum Gasteiger partial charge on any atom is -0.397 e. The zero-order valence-electron chi connectivity index (χ0n) is 8.75. The Hall–Kier alpha value is -1.67.